The van der Waals surface area contributed by atoms with Crippen LogP contribution in [0.4, 0.5) is 0 Å². The Labute approximate surface area is 168 Å². The number of ketones is 1. The predicted molar refractivity (Wildman–Crippen MR) is 111 cm³/mol. The summed E-state index contributed by atoms with van der Waals surface area (Å²) in [5.41, 5.74) is 3.32. The minimum absolute atomic E-state index is 0.0702. The van der Waals surface area contributed by atoms with Crippen LogP contribution in [0.25, 0.3) is 22.4 Å². The summed E-state index contributed by atoms with van der Waals surface area (Å²) in [5.74, 6) is 2.10. The summed E-state index contributed by atoms with van der Waals surface area (Å²) in [5, 5.41) is 0. The minimum Gasteiger partial charge on any atom is -0.493 e. The van der Waals surface area contributed by atoms with Gasteiger partial charge in [0, 0.05) is 11.1 Å². The second-order valence-electron chi connectivity index (χ2n) is 6.40. The number of benzene rings is 3. The van der Waals surface area contributed by atoms with Crippen LogP contribution >= 0.6 is 0 Å². The van der Waals surface area contributed by atoms with Crippen molar-refractivity contribution >= 4 is 16.8 Å². The van der Waals surface area contributed by atoms with Crippen LogP contribution in [0, 0.1) is 0 Å². The van der Waals surface area contributed by atoms with E-state index in [4.69, 9.17) is 19.2 Å². The minimum atomic E-state index is -0.0702. The zero-order valence-corrected chi connectivity index (χ0v) is 16.4. The maximum atomic E-state index is 13.0. The number of rotatable bonds is 6. The number of imidazole rings is 1. The lowest BCUT2D eigenvalue weighted by Gasteiger charge is -2.13. The van der Waals surface area contributed by atoms with E-state index < -0.39 is 0 Å². The van der Waals surface area contributed by atoms with Gasteiger partial charge in [-0.1, -0.05) is 36.4 Å². The molecule has 0 amide bonds. The summed E-state index contributed by atoms with van der Waals surface area (Å²) in [7, 11) is 4.69. The topological polar surface area (TPSA) is 73.4 Å². The molecule has 0 atom stereocenters. The van der Waals surface area contributed by atoms with Crippen LogP contribution in [-0.2, 0) is 0 Å². The van der Waals surface area contributed by atoms with E-state index in [9.17, 15) is 4.79 Å². The third-order valence-electron chi connectivity index (χ3n) is 4.73. The Bertz CT molecular complexity index is 1160. The normalized spacial score (nSPS) is 10.7. The number of ether oxygens (including phenoxy) is 3. The molecule has 1 aromatic heterocycles. The van der Waals surface area contributed by atoms with Crippen molar-refractivity contribution in [2.24, 2.45) is 0 Å². The van der Waals surface area contributed by atoms with Crippen molar-refractivity contribution in [3.63, 3.8) is 0 Å². The Morgan fingerprint density at radius 1 is 0.862 bits per heavy atom. The van der Waals surface area contributed by atoms with Crippen LogP contribution in [0.3, 0.4) is 0 Å². The maximum Gasteiger partial charge on any atom is 0.203 e. The van der Waals surface area contributed by atoms with E-state index in [0.29, 0.717) is 39.7 Å². The third-order valence-corrected chi connectivity index (χ3v) is 4.73. The molecule has 0 aliphatic rings. The number of para-hydroxylation sites is 1. The Hall–Kier alpha value is -3.80. The fourth-order valence-electron chi connectivity index (χ4n) is 3.31. The fraction of sp³-hybridized carbons (Fsp3) is 0.130. The van der Waals surface area contributed by atoms with Crippen molar-refractivity contribution in [1.82, 2.24) is 9.97 Å². The van der Waals surface area contributed by atoms with Gasteiger partial charge in [-0.05, 0) is 24.3 Å². The van der Waals surface area contributed by atoms with Crippen LogP contribution in [0.2, 0.25) is 0 Å². The Morgan fingerprint density at radius 3 is 2.17 bits per heavy atom. The van der Waals surface area contributed by atoms with Gasteiger partial charge < -0.3 is 19.2 Å². The second kappa shape index (κ2) is 7.67. The van der Waals surface area contributed by atoms with E-state index in [0.717, 1.165) is 11.1 Å². The number of methoxy groups -OCH3 is 3. The molecule has 0 saturated heterocycles. The van der Waals surface area contributed by atoms with E-state index in [1.54, 1.807) is 39.5 Å². The molecule has 29 heavy (non-hydrogen) atoms. The molecule has 0 radical (unpaired) electrons. The molecule has 0 aliphatic heterocycles. The van der Waals surface area contributed by atoms with Crippen molar-refractivity contribution in [2.75, 3.05) is 21.3 Å². The molecule has 4 aromatic rings. The summed E-state index contributed by atoms with van der Waals surface area (Å²) in [6.45, 7) is 0. The first kappa shape index (κ1) is 18.6. The molecule has 0 unspecified atom stereocenters. The Kier molecular flexibility index (Phi) is 4.91. The average molecular weight is 388 g/mol. The van der Waals surface area contributed by atoms with Gasteiger partial charge in [0.15, 0.2) is 17.3 Å². The first-order valence-corrected chi connectivity index (χ1v) is 9.05. The number of H-pyrrole nitrogens is 1. The lowest BCUT2D eigenvalue weighted by Crippen LogP contribution is -2.01. The molecule has 0 saturated carbocycles. The number of carbonyl (C=O) groups is 1. The van der Waals surface area contributed by atoms with E-state index in [-0.39, 0.29) is 5.78 Å². The first-order chi connectivity index (χ1) is 14.2. The molecule has 1 N–H and O–H groups in total. The Morgan fingerprint density at radius 2 is 1.55 bits per heavy atom. The molecular weight excluding hydrogens is 368 g/mol. The SMILES string of the molecule is COc1cc(-c2nc3c(C(=O)c4ccccc4)cccc3[nH]2)cc(OC)c1OC. The van der Waals surface area contributed by atoms with Gasteiger partial charge in [-0.3, -0.25) is 4.79 Å². The number of hydrogen-bond acceptors (Lipinski definition) is 5. The lowest BCUT2D eigenvalue weighted by atomic mass is 10.0. The molecule has 146 valence electrons. The molecule has 3 aromatic carbocycles. The highest BCUT2D eigenvalue weighted by atomic mass is 16.5. The van der Waals surface area contributed by atoms with Crippen molar-refractivity contribution in [2.45, 2.75) is 0 Å². The number of aromatic nitrogens is 2. The second-order valence-corrected chi connectivity index (χ2v) is 6.40. The number of aromatic amines is 1. The summed E-state index contributed by atoms with van der Waals surface area (Å²) in [4.78, 5) is 21.0. The highest BCUT2D eigenvalue weighted by molar-refractivity contribution is 6.15. The van der Waals surface area contributed by atoms with Crippen LogP contribution < -0.4 is 14.2 Å². The van der Waals surface area contributed by atoms with Crippen LogP contribution in [0.5, 0.6) is 17.2 Å². The summed E-state index contributed by atoms with van der Waals surface area (Å²) < 4.78 is 16.3. The molecule has 0 bridgehead atoms. The quantitative estimate of drug-likeness (QED) is 0.493. The van der Waals surface area contributed by atoms with Gasteiger partial charge in [-0.25, -0.2) is 4.98 Å². The zero-order chi connectivity index (χ0) is 20.4. The number of carbonyl (C=O) groups excluding carboxylic acids is 1. The lowest BCUT2D eigenvalue weighted by molar-refractivity contribution is 0.104. The molecule has 6 heteroatoms. The smallest absolute Gasteiger partial charge is 0.203 e. The van der Waals surface area contributed by atoms with Gasteiger partial charge in [-0.15, -0.1) is 0 Å². The number of nitrogens with one attached hydrogen (secondary N) is 1. The van der Waals surface area contributed by atoms with Crippen molar-refractivity contribution < 1.29 is 19.0 Å². The molecule has 0 spiro atoms. The van der Waals surface area contributed by atoms with Gasteiger partial charge in [0.2, 0.25) is 5.75 Å². The van der Waals surface area contributed by atoms with Gasteiger partial charge in [-0.2, -0.15) is 0 Å². The van der Waals surface area contributed by atoms with Gasteiger partial charge in [0.25, 0.3) is 0 Å². The summed E-state index contributed by atoms with van der Waals surface area (Å²) in [6.07, 6.45) is 0. The van der Waals surface area contributed by atoms with Crippen molar-refractivity contribution in [3.8, 4) is 28.6 Å². The van der Waals surface area contributed by atoms with Gasteiger partial charge >= 0.3 is 0 Å². The summed E-state index contributed by atoms with van der Waals surface area (Å²) >= 11 is 0. The van der Waals surface area contributed by atoms with Crippen molar-refractivity contribution in [1.29, 1.82) is 0 Å². The average Bonchev–Trinajstić information content (AvgIpc) is 3.22. The molecule has 0 aliphatic carbocycles. The van der Waals surface area contributed by atoms with Gasteiger partial charge in [0.1, 0.15) is 11.3 Å². The monoisotopic (exact) mass is 388 g/mol. The zero-order valence-electron chi connectivity index (χ0n) is 16.4. The Balaban J connectivity index is 1.84. The predicted octanol–water partition coefficient (Wildman–Crippen LogP) is 4.49. The van der Waals surface area contributed by atoms with E-state index in [1.807, 2.05) is 42.5 Å². The molecular formula is C23H20N2O4. The highest BCUT2D eigenvalue weighted by Crippen LogP contribution is 2.41. The van der Waals surface area contributed by atoms with E-state index >= 15 is 0 Å². The fourth-order valence-corrected chi connectivity index (χ4v) is 3.31. The molecule has 0 fully saturated rings. The summed E-state index contributed by atoms with van der Waals surface area (Å²) in [6, 6.07) is 18.3. The van der Waals surface area contributed by atoms with Gasteiger partial charge in [0.05, 0.1) is 32.4 Å². The van der Waals surface area contributed by atoms with Crippen LogP contribution in [-0.4, -0.2) is 37.1 Å². The van der Waals surface area contributed by atoms with Crippen LogP contribution in [0.15, 0.2) is 60.7 Å². The van der Waals surface area contributed by atoms with E-state index in [2.05, 4.69) is 4.98 Å². The molecule has 4 rings (SSSR count). The largest absolute Gasteiger partial charge is 0.493 e. The maximum absolute atomic E-state index is 13.0. The number of fused-ring (bicyclic) bond motifs is 1. The highest BCUT2D eigenvalue weighted by Gasteiger charge is 2.19. The van der Waals surface area contributed by atoms with Crippen molar-refractivity contribution in [3.05, 3.63) is 71.8 Å². The molecule has 6 nitrogen and oxygen atoms in total. The first-order valence-electron chi connectivity index (χ1n) is 9.05. The number of nitrogens with zero attached hydrogens (tertiary/aromatic N) is 1. The third kappa shape index (κ3) is 3.29. The standard InChI is InChI=1S/C23H20N2O4/c1-27-18-12-15(13-19(28-2)22(18)29-3)23-24-17-11-7-10-16(20(17)25-23)21(26)14-8-5-4-6-9-14/h4-13H,1-3H3,(H,24,25). The molecule has 1 heterocycles. The van der Waals surface area contributed by atoms with Crippen LogP contribution in [0.1, 0.15) is 15.9 Å². The number of hydrogen-bond donors (Lipinski definition) is 1. The van der Waals surface area contributed by atoms with E-state index in [1.165, 1.54) is 0 Å².